The third kappa shape index (κ3) is 5.19. The van der Waals surface area contributed by atoms with Gasteiger partial charge >= 0.3 is 0 Å². The van der Waals surface area contributed by atoms with E-state index in [9.17, 15) is 0 Å². The molecule has 0 unspecified atom stereocenters. The maximum atomic E-state index is 6.88. The third-order valence-electron chi connectivity index (χ3n) is 11.5. The molecule has 0 saturated carbocycles. The fourth-order valence-electron chi connectivity index (χ4n) is 8.76. The van der Waals surface area contributed by atoms with Crippen molar-refractivity contribution in [3.8, 4) is 33.4 Å². The number of anilines is 3. The summed E-state index contributed by atoms with van der Waals surface area (Å²) in [5.74, 6) is 0. The number of fused-ring (bicyclic) bond motifs is 10. The van der Waals surface area contributed by atoms with Crippen LogP contribution in [0.5, 0.6) is 0 Å². The van der Waals surface area contributed by atoms with E-state index in [-0.39, 0.29) is 0 Å². The topological polar surface area (TPSA) is 29.5 Å². The van der Waals surface area contributed by atoms with Crippen LogP contribution in [0.15, 0.2) is 209 Å². The Balaban J connectivity index is 0.985. The number of rotatable bonds is 6. The van der Waals surface area contributed by atoms with Gasteiger partial charge in [0.25, 0.3) is 0 Å². The van der Waals surface area contributed by atoms with Crippen LogP contribution in [0.4, 0.5) is 17.1 Å². The van der Waals surface area contributed by atoms with E-state index >= 15 is 0 Å². The number of furan rings is 2. The zero-order valence-corrected chi connectivity index (χ0v) is 32.0. The first-order valence-electron chi connectivity index (χ1n) is 19.6. The van der Waals surface area contributed by atoms with Crippen molar-refractivity contribution in [2.75, 3.05) is 4.90 Å². The summed E-state index contributed by atoms with van der Waals surface area (Å²) in [5.41, 5.74) is 13.7. The van der Waals surface area contributed by atoms with Gasteiger partial charge in [-0.25, -0.2) is 0 Å². The first kappa shape index (κ1) is 32.8. The van der Waals surface area contributed by atoms with Crippen LogP contribution in [0.2, 0.25) is 0 Å². The number of benzene rings is 9. The SMILES string of the molecule is c1ccc(-c2cccc(-c3ccc(N(c4ccc(-c5cccc6c5oc5c6ccc6sc7ccccc7c65)cc4)c4cccc5oc6ccccc6c45)cc3)c2)cc1. The quantitative estimate of drug-likeness (QED) is 0.169. The van der Waals surface area contributed by atoms with Gasteiger partial charge in [0.1, 0.15) is 22.3 Å². The molecule has 12 rings (SSSR count). The van der Waals surface area contributed by atoms with Crippen molar-refractivity contribution < 1.29 is 8.83 Å². The van der Waals surface area contributed by atoms with Crippen LogP contribution < -0.4 is 4.90 Å². The molecular formula is C54H33NO2S. The zero-order valence-electron chi connectivity index (χ0n) is 31.2. The molecule has 12 aromatic rings. The number of thiophene rings is 1. The predicted octanol–water partition coefficient (Wildman–Crippen LogP) is 16.3. The van der Waals surface area contributed by atoms with E-state index in [0.29, 0.717) is 0 Å². The smallest absolute Gasteiger partial charge is 0.144 e. The van der Waals surface area contributed by atoms with E-state index in [1.54, 1.807) is 0 Å². The minimum absolute atomic E-state index is 0.860. The Morgan fingerprint density at radius 3 is 1.76 bits per heavy atom. The Labute approximate surface area is 338 Å². The van der Waals surface area contributed by atoms with Crippen LogP contribution in [0.25, 0.3) is 97.4 Å². The lowest BCUT2D eigenvalue weighted by molar-refractivity contribution is 0.669. The Morgan fingerprint density at radius 1 is 0.345 bits per heavy atom. The van der Waals surface area contributed by atoms with Crippen LogP contribution in [0.1, 0.15) is 0 Å². The van der Waals surface area contributed by atoms with Gasteiger partial charge in [-0.15, -0.1) is 11.3 Å². The normalized spacial score (nSPS) is 11.8. The van der Waals surface area contributed by atoms with E-state index < -0.39 is 0 Å². The summed E-state index contributed by atoms with van der Waals surface area (Å²) in [7, 11) is 0. The molecule has 272 valence electrons. The molecule has 0 bridgehead atoms. The van der Waals surface area contributed by atoms with Crippen molar-refractivity contribution in [2.24, 2.45) is 0 Å². The van der Waals surface area contributed by atoms with E-state index in [0.717, 1.165) is 77.6 Å². The molecular weight excluding hydrogens is 727 g/mol. The first-order chi connectivity index (χ1) is 28.7. The minimum Gasteiger partial charge on any atom is -0.456 e. The maximum Gasteiger partial charge on any atom is 0.144 e. The van der Waals surface area contributed by atoms with Gasteiger partial charge in [-0.3, -0.25) is 0 Å². The number of para-hydroxylation sites is 2. The molecule has 0 N–H and O–H groups in total. The van der Waals surface area contributed by atoms with Gasteiger partial charge in [0, 0.05) is 53.3 Å². The molecule has 3 aromatic heterocycles. The largest absolute Gasteiger partial charge is 0.456 e. The molecule has 0 saturated heterocycles. The highest BCUT2D eigenvalue weighted by molar-refractivity contribution is 7.26. The van der Waals surface area contributed by atoms with Crippen LogP contribution in [-0.4, -0.2) is 0 Å². The lowest BCUT2D eigenvalue weighted by atomic mass is 9.98. The molecule has 58 heavy (non-hydrogen) atoms. The molecule has 0 radical (unpaired) electrons. The van der Waals surface area contributed by atoms with Gasteiger partial charge in [0.2, 0.25) is 0 Å². The zero-order chi connectivity index (χ0) is 38.2. The molecule has 0 aliphatic heterocycles. The summed E-state index contributed by atoms with van der Waals surface area (Å²) in [5, 5.41) is 6.89. The van der Waals surface area contributed by atoms with Crippen molar-refractivity contribution in [3.05, 3.63) is 200 Å². The Morgan fingerprint density at radius 2 is 0.948 bits per heavy atom. The van der Waals surface area contributed by atoms with Crippen molar-refractivity contribution >= 4 is 92.4 Å². The highest BCUT2D eigenvalue weighted by atomic mass is 32.1. The van der Waals surface area contributed by atoms with Crippen LogP contribution in [0.3, 0.4) is 0 Å². The van der Waals surface area contributed by atoms with Gasteiger partial charge in [-0.1, -0.05) is 133 Å². The van der Waals surface area contributed by atoms with Gasteiger partial charge < -0.3 is 13.7 Å². The second kappa shape index (κ2) is 13.1. The Kier molecular flexibility index (Phi) is 7.40. The maximum absolute atomic E-state index is 6.88. The molecule has 0 fully saturated rings. The second-order valence-electron chi connectivity index (χ2n) is 14.8. The summed E-state index contributed by atoms with van der Waals surface area (Å²) in [6, 6.07) is 71.3. The lowest BCUT2D eigenvalue weighted by Gasteiger charge is -2.26. The fraction of sp³-hybridized carbons (Fsp3) is 0. The van der Waals surface area contributed by atoms with E-state index in [1.165, 1.54) is 36.9 Å². The molecule has 4 heteroatoms. The van der Waals surface area contributed by atoms with Crippen LogP contribution in [-0.2, 0) is 0 Å². The number of nitrogens with zero attached hydrogens (tertiary/aromatic N) is 1. The predicted molar refractivity (Wildman–Crippen MR) is 245 cm³/mol. The molecule has 0 aliphatic rings. The highest BCUT2D eigenvalue weighted by Crippen LogP contribution is 2.46. The van der Waals surface area contributed by atoms with E-state index in [2.05, 4.69) is 193 Å². The van der Waals surface area contributed by atoms with Crippen LogP contribution in [0, 0.1) is 0 Å². The van der Waals surface area contributed by atoms with E-state index in [4.69, 9.17) is 8.83 Å². The van der Waals surface area contributed by atoms with Crippen molar-refractivity contribution in [3.63, 3.8) is 0 Å². The number of hydrogen-bond donors (Lipinski definition) is 0. The van der Waals surface area contributed by atoms with Crippen molar-refractivity contribution in [2.45, 2.75) is 0 Å². The van der Waals surface area contributed by atoms with Gasteiger partial charge in [0.05, 0.1) is 11.1 Å². The van der Waals surface area contributed by atoms with Gasteiger partial charge in [-0.05, 0) is 94.5 Å². The molecule has 9 aromatic carbocycles. The van der Waals surface area contributed by atoms with Crippen LogP contribution >= 0.6 is 11.3 Å². The van der Waals surface area contributed by atoms with E-state index in [1.807, 2.05) is 23.5 Å². The first-order valence-corrected chi connectivity index (χ1v) is 20.4. The monoisotopic (exact) mass is 759 g/mol. The number of hydrogen-bond acceptors (Lipinski definition) is 4. The molecule has 0 atom stereocenters. The summed E-state index contributed by atoms with van der Waals surface area (Å²) in [6.07, 6.45) is 0. The summed E-state index contributed by atoms with van der Waals surface area (Å²) < 4.78 is 15.8. The average Bonchev–Trinajstić information content (AvgIpc) is 3.99. The highest BCUT2D eigenvalue weighted by Gasteiger charge is 2.21. The lowest BCUT2D eigenvalue weighted by Crippen LogP contribution is -2.10. The van der Waals surface area contributed by atoms with Crippen molar-refractivity contribution in [1.29, 1.82) is 0 Å². The fourth-order valence-corrected chi connectivity index (χ4v) is 9.87. The minimum atomic E-state index is 0.860. The standard InChI is InChI=1S/C54H33NO2S/c1-2-11-34(12-3-1)37-13-8-14-38(33-37)35-23-27-39(28-24-35)55(46-19-10-21-48-51(46)44-15-4-6-20-47(44)56-48)40-29-25-36(26-30-40)41-17-9-18-42-43-31-32-50-52(54(43)57-53(41)42)45-16-5-7-22-49(45)58-50/h1-33H. The van der Waals surface area contributed by atoms with Crippen molar-refractivity contribution in [1.82, 2.24) is 0 Å². The average molecular weight is 760 g/mol. The Hall–Kier alpha value is -7.40. The third-order valence-corrected chi connectivity index (χ3v) is 12.6. The molecule has 0 aliphatic carbocycles. The van der Waals surface area contributed by atoms with Gasteiger partial charge in [0.15, 0.2) is 0 Å². The molecule has 3 nitrogen and oxygen atoms in total. The second-order valence-corrected chi connectivity index (χ2v) is 15.9. The molecule has 0 amide bonds. The summed E-state index contributed by atoms with van der Waals surface area (Å²) in [6.45, 7) is 0. The Bertz CT molecular complexity index is 3500. The molecule has 3 heterocycles. The summed E-state index contributed by atoms with van der Waals surface area (Å²) >= 11 is 1.82. The van der Waals surface area contributed by atoms with Gasteiger partial charge in [-0.2, -0.15) is 0 Å². The molecule has 0 spiro atoms. The summed E-state index contributed by atoms with van der Waals surface area (Å²) in [4.78, 5) is 2.35.